The zero-order valence-corrected chi connectivity index (χ0v) is 8.78. The molecule has 0 aliphatic rings. The lowest BCUT2D eigenvalue weighted by molar-refractivity contribution is 0.0702. The molecule has 0 saturated carbocycles. The Bertz CT molecular complexity index is 508. The number of carboxylic acid groups (broad SMARTS) is 1. The minimum atomic E-state index is -0.939. The van der Waals surface area contributed by atoms with Gasteiger partial charge in [-0.1, -0.05) is 0 Å². The molecule has 5 heteroatoms. The summed E-state index contributed by atoms with van der Waals surface area (Å²) in [7, 11) is 0. The quantitative estimate of drug-likeness (QED) is 0.842. The second-order valence-electron chi connectivity index (χ2n) is 3.03. The Hall–Kier alpha value is -1.75. The van der Waals surface area contributed by atoms with Gasteiger partial charge < -0.3 is 5.11 Å². The first kappa shape index (κ1) is 9.79. The Kier molecular flexibility index (Phi) is 2.47. The van der Waals surface area contributed by atoms with Crippen LogP contribution in [-0.2, 0) is 0 Å². The molecule has 0 atom stereocenters. The smallest absolute Gasteiger partial charge is 0.347 e. The van der Waals surface area contributed by atoms with E-state index in [0.29, 0.717) is 5.01 Å². The fraction of sp³-hybridized carbons (Fsp3) is 0.100. The lowest BCUT2D eigenvalue weighted by Gasteiger charge is -1.98. The zero-order valence-electron chi connectivity index (χ0n) is 7.97. The van der Waals surface area contributed by atoms with Crippen LogP contribution in [-0.4, -0.2) is 21.0 Å². The first-order valence-corrected chi connectivity index (χ1v) is 5.10. The van der Waals surface area contributed by atoms with Gasteiger partial charge in [0.2, 0.25) is 0 Å². The molecule has 0 spiro atoms. The zero-order chi connectivity index (χ0) is 10.8. The van der Waals surface area contributed by atoms with Gasteiger partial charge in [-0.05, 0) is 18.6 Å². The Morgan fingerprint density at radius 1 is 1.47 bits per heavy atom. The summed E-state index contributed by atoms with van der Waals surface area (Å²) in [5.41, 5.74) is 1.92. The molecule has 0 aliphatic carbocycles. The first-order chi connectivity index (χ1) is 7.18. The van der Waals surface area contributed by atoms with Crippen molar-refractivity contribution < 1.29 is 9.90 Å². The highest BCUT2D eigenvalue weighted by Crippen LogP contribution is 2.26. The number of pyridine rings is 1. The summed E-state index contributed by atoms with van der Waals surface area (Å²) in [5, 5.41) is 9.49. The van der Waals surface area contributed by atoms with Crippen molar-refractivity contribution in [1.29, 1.82) is 0 Å². The average Bonchev–Trinajstić information content (AvgIpc) is 2.67. The van der Waals surface area contributed by atoms with Crippen molar-refractivity contribution in [2.45, 2.75) is 6.92 Å². The fourth-order valence-corrected chi connectivity index (χ4v) is 2.06. The predicted molar refractivity (Wildman–Crippen MR) is 57.0 cm³/mol. The fourth-order valence-electron chi connectivity index (χ4n) is 1.21. The van der Waals surface area contributed by atoms with Crippen LogP contribution >= 0.6 is 11.3 Å². The van der Waals surface area contributed by atoms with Crippen molar-refractivity contribution in [3.8, 4) is 10.6 Å². The number of carboxylic acids is 1. The number of nitrogens with zero attached hydrogens (tertiary/aromatic N) is 2. The van der Waals surface area contributed by atoms with Crippen molar-refractivity contribution in [1.82, 2.24) is 9.97 Å². The second kappa shape index (κ2) is 3.78. The minimum absolute atomic E-state index is 0.251. The predicted octanol–water partition coefficient (Wildman–Crippen LogP) is 2.21. The molecule has 0 bridgehead atoms. The van der Waals surface area contributed by atoms with Gasteiger partial charge >= 0.3 is 5.97 Å². The van der Waals surface area contributed by atoms with E-state index in [1.165, 1.54) is 17.5 Å². The van der Waals surface area contributed by atoms with E-state index in [-0.39, 0.29) is 4.88 Å². The second-order valence-corrected chi connectivity index (χ2v) is 4.06. The SMILES string of the molecule is Cc1cnccc1-c1ncc(C(=O)O)s1. The average molecular weight is 220 g/mol. The lowest BCUT2D eigenvalue weighted by Crippen LogP contribution is -1.89. The van der Waals surface area contributed by atoms with Crippen molar-refractivity contribution in [2.75, 3.05) is 0 Å². The van der Waals surface area contributed by atoms with Crippen LogP contribution in [0.15, 0.2) is 24.7 Å². The van der Waals surface area contributed by atoms with E-state index in [0.717, 1.165) is 11.1 Å². The Morgan fingerprint density at radius 3 is 2.87 bits per heavy atom. The van der Waals surface area contributed by atoms with Crippen LogP contribution in [0.4, 0.5) is 0 Å². The molecule has 2 rings (SSSR count). The third kappa shape index (κ3) is 1.87. The number of aryl methyl sites for hydroxylation is 1. The third-order valence-electron chi connectivity index (χ3n) is 1.97. The summed E-state index contributed by atoms with van der Waals surface area (Å²) < 4.78 is 0. The molecule has 1 N–H and O–H groups in total. The van der Waals surface area contributed by atoms with Crippen LogP contribution in [0.25, 0.3) is 10.6 Å². The van der Waals surface area contributed by atoms with Gasteiger partial charge in [0, 0.05) is 18.0 Å². The summed E-state index contributed by atoms with van der Waals surface area (Å²) in [6.45, 7) is 1.92. The largest absolute Gasteiger partial charge is 0.477 e. The van der Waals surface area contributed by atoms with Crippen LogP contribution in [0.3, 0.4) is 0 Å². The van der Waals surface area contributed by atoms with Crippen LogP contribution in [0.1, 0.15) is 15.2 Å². The number of rotatable bonds is 2. The van der Waals surface area contributed by atoms with Crippen LogP contribution in [0.5, 0.6) is 0 Å². The maximum atomic E-state index is 10.7. The van der Waals surface area contributed by atoms with Gasteiger partial charge in [-0.3, -0.25) is 4.98 Å². The Morgan fingerprint density at radius 2 is 2.27 bits per heavy atom. The monoisotopic (exact) mass is 220 g/mol. The number of thiazole rings is 1. The summed E-state index contributed by atoms with van der Waals surface area (Å²) in [5.74, 6) is -0.939. The van der Waals surface area contributed by atoms with Gasteiger partial charge in [0.15, 0.2) is 0 Å². The molecule has 0 aliphatic heterocycles. The molecule has 0 radical (unpaired) electrons. The maximum absolute atomic E-state index is 10.7. The molecule has 76 valence electrons. The van der Waals surface area contributed by atoms with Crippen molar-refractivity contribution >= 4 is 17.3 Å². The first-order valence-electron chi connectivity index (χ1n) is 4.28. The van der Waals surface area contributed by atoms with E-state index in [1.807, 2.05) is 13.0 Å². The molecule has 2 heterocycles. The summed E-state index contributed by atoms with van der Waals surface area (Å²) >= 11 is 1.17. The molecule has 0 unspecified atom stereocenters. The summed E-state index contributed by atoms with van der Waals surface area (Å²) in [4.78, 5) is 19.0. The van der Waals surface area contributed by atoms with E-state index in [4.69, 9.17) is 5.11 Å². The van der Waals surface area contributed by atoms with Gasteiger partial charge in [0.05, 0.1) is 6.20 Å². The molecule has 2 aromatic heterocycles. The molecule has 0 fully saturated rings. The van der Waals surface area contributed by atoms with Crippen LogP contribution in [0.2, 0.25) is 0 Å². The van der Waals surface area contributed by atoms with E-state index in [1.54, 1.807) is 12.4 Å². The lowest BCUT2D eigenvalue weighted by atomic mass is 10.2. The number of hydrogen-bond acceptors (Lipinski definition) is 4. The van der Waals surface area contributed by atoms with Gasteiger partial charge in [-0.2, -0.15) is 0 Å². The number of aromatic nitrogens is 2. The Labute approximate surface area is 90.3 Å². The minimum Gasteiger partial charge on any atom is -0.477 e. The van der Waals surface area contributed by atoms with E-state index >= 15 is 0 Å². The highest BCUT2D eigenvalue weighted by atomic mass is 32.1. The normalized spacial score (nSPS) is 10.2. The van der Waals surface area contributed by atoms with Gasteiger partial charge in [0.1, 0.15) is 9.88 Å². The standard InChI is InChI=1S/C10H8N2O2S/c1-6-4-11-3-2-7(6)9-12-5-8(15-9)10(13)14/h2-5H,1H3,(H,13,14). The molecule has 0 aromatic carbocycles. The van der Waals surface area contributed by atoms with Crippen LogP contribution in [0, 0.1) is 6.92 Å². The van der Waals surface area contributed by atoms with Gasteiger partial charge in [-0.25, -0.2) is 9.78 Å². The van der Waals surface area contributed by atoms with Crippen LogP contribution < -0.4 is 0 Å². The molecule has 15 heavy (non-hydrogen) atoms. The third-order valence-corrected chi connectivity index (χ3v) is 2.99. The van der Waals surface area contributed by atoms with Gasteiger partial charge in [0.25, 0.3) is 0 Å². The topological polar surface area (TPSA) is 63.1 Å². The maximum Gasteiger partial charge on any atom is 0.347 e. The number of hydrogen-bond donors (Lipinski definition) is 1. The number of aromatic carboxylic acids is 1. The van der Waals surface area contributed by atoms with Crippen molar-refractivity contribution in [2.24, 2.45) is 0 Å². The molecule has 2 aromatic rings. The summed E-state index contributed by atoms with van der Waals surface area (Å²) in [6, 6.07) is 1.83. The Balaban J connectivity index is 2.46. The van der Waals surface area contributed by atoms with E-state index in [2.05, 4.69) is 9.97 Å². The van der Waals surface area contributed by atoms with E-state index in [9.17, 15) is 4.79 Å². The molecular formula is C10H8N2O2S. The molecule has 4 nitrogen and oxygen atoms in total. The summed E-state index contributed by atoms with van der Waals surface area (Å²) in [6.07, 6.45) is 4.78. The highest BCUT2D eigenvalue weighted by Gasteiger charge is 2.11. The molecule has 0 saturated heterocycles. The molecular weight excluding hydrogens is 212 g/mol. The van der Waals surface area contributed by atoms with Crippen molar-refractivity contribution in [3.05, 3.63) is 35.1 Å². The highest BCUT2D eigenvalue weighted by molar-refractivity contribution is 7.16. The van der Waals surface area contributed by atoms with Crippen molar-refractivity contribution in [3.63, 3.8) is 0 Å². The van der Waals surface area contributed by atoms with E-state index < -0.39 is 5.97 Å². The number of carbonyl (C=O) groups is 1. The van der Waals surface area contributed by atoms with Gasteiger partial charge in [-0.15, -0.1) is 11.3 Å². The molecule has 0 amide bonds.